The van der Waals surface area contributed by atoms with Gasteiger partial charge < -0.3 is 24.5 Å². The quantitative estimate of drug-likeness (QED) is 0.361. The van der Waals surface area contributed by atoms with E-state index in [4.69, 9.17) is 9.15 Å². The molecule has 3 aromatic heterocycles. The molecule has 9 nitrogen and oxygen atoms in total. The number of aliphatic hydroxyl groups is 1. The van der Waals surface area contributed by atoms with Gasteiger partial charge in [-0.15, -0.1) is 0 Å². The van der Waals surface area contributed by atoms with Gasteiger partial charge in [0.2, 0.25) is 0 Å². The summed E-state index contributed by atoms with van der Waals surface area (Å²) in [6.45, 7) is 6.27. The van der Waals surface area contributed by atoms with Crippen LogP contribution in [0, 0.1) is 19.3 Å². The molecule has 0 bridgehead atoms. The number of nitrogens with one attached hydrogen (secondary N) is 1. The van der Waals surface area contributed by atoms with Crippen LogP contribution in [-0.4, -0.2) is 56.2 Å². The van der Waals surface area contributed by atoms with E-state index >= 15 is 0 Å². The number of rotatable bonds is 5. The minimum absolute atomic E-state index is 0.0720. The van der Waals surface area contributed by atoms with Crippen LogP contribution < -0.4 is 10.1 Å². The van der Waals surface area contributed by atoms with E-state index in [1.807, 2.05) is 26.0 Å². The second-order valence-corrected chi connectivity index (χ2v) is 12.2. The van der Waals surface area contributed by atoms with Crippen molar-refractivity contribution in [2.24, 2.45) is 5.41 Å². The number of ether oxygens (including phenoxy) is 1. The van der Waals surface area contributed by atoms with Crippen molar-refractivity contribution in [3.8, 4) is 11.5 Å². The van der Waals surface area contributed by atoms with Gasteiger partial charge in [0.05, 0.1) is 22.9 Å². The molecule has 1 saturated heterocycles. The molecule has 1 aromatic carbocycles. The van der Waals surface area contributed by atoms with Crippen LogP contribution in [0.25, 0.3) is 16.5 Å². The monoisotopic (exact) mass is 542 g/mol. The first-order chi connectivity index (χ1) is 19.1. The number of likely N-dealkylation sites (tertiary alicyclic amines) is 1. The summed E-state index contributed by atoms with van der Waals surface area (Å²) in [6.07, 6.45) is 9.84. The van der Waals surface area contributed by atoms with Crippen molar-refractivity contribution in [1.29, 1.82) is 0 Å². The molecule has 3 aliphatic rings. The van der Waals surface area contributed by atoms with Crippen LogP contribution >= 0.6 is 0 Å². The molecule has 2 saturated carbocycles. The topological polar surface area (TPSA) is 109 Å². The maximum atomic E-state index is 13.3. The Labute approximate surface area is 232 Å². The molecule has 40 heavy (non-hydrogen) atoms. The molecule has 2 amide bonds. The smallest absolute Gasteiger partial charge is 0.255 e. The van der Waals surface area contributed by atoms with E-state index in [-0.39, 0.29) is 17.9 Å². The summed E-state index contributed by atoms with van der Waals surface area (Å²) in [6, 6.07) is 7.52. The fourth-order valence-corrected chi connectivity index (χ4v) is 6.86. The Hall–Kier alpha value is -3.85. The molecule has 0 radical (unpaired) electrons. The largest absolute Gasteiger partial charge is 0.460 e. The third-order valence-electron chi connectivity index (χ3n) is 9.48. The molecular weight excluding hydrogens is 508 g/mol. The molecule has 4 aromatic rings. The molecule has 2 aliphatic carbocycles. The van der Waals surface area contributed by atoms with Crippen molar-refractivity contribution in [3.05, 3.63) is 59.1 Å². The molecule has 2 N–H and O–H groups in total. The normalized spacial score (nSPS) is 23.4. The number of aryl methyl sites for hydroxylation is 2. The van der Waals surface area contributed by atoms with Gasteiger partial charge in [-0.1, -0.05) is 6.42 Å². The third-order valence-corrected chi connectivity index (χ3v) is 9.48. The van der Waals surface area contributed by atoms with Gasteiger partial charge >= 0.3 is 0 Å². The molecule has 3 fully saturated rings. The summed E-state index contributed by atoms with van der Waals surface area (Å²) in [4.78, 5) is 28.2. The molecular formula is C31H34N4O5. The van der Waals surface area contributed by atoms with E-state index in [0.717, 1.165) is 17.4 Å². The first-order valence-corrected chi connectivity index (χ1v) is 14.1. The molecule has 2 atom stereocenters. The van der Waals surface area contributed by atoms with Gasteiger partial charge in [-0.25, -0.2) is 4.52 Å². The molecule has 208 valence electrons. The Morgan fingerprint density at radius 1 is 1.18 bits per heavy atom. The van der Waals surface area contributed by atoms with Gasteiger partial charge in [0.15, 0.2) is 5.75 Å². The number of hydrogen-bond donors (Lipinski definition) is 2. The first kappa shape index (κ1) is 25.1. The lowest BCUT2D eigenvalue weighted by atomic mass is 9.53. The van der Waals surface area contributed by atoms with E-state index < -0.39 is 5.60 Å². The van der Waals surface area contributed by atoms with E-state index in [2.05, 4.69) is 10.4 Å². The highest BCUT2D eigenvalue weighted by Crippen LogP contribution is 2.56. The number of benzene rings is 1. The highest BCUT2D eigenvalue weighted by atomic mass is 16.5. The lowest BCUT2D eigenvalue weighted by molar-refractivity contribution is -0.0147. The number of furan rings is 1. The van der Waals surface area contributed by atoms with E-state index in [0.29, 0.717) is 64.4 Å². The zero-order valence-electron chi connectivity index (χ0n) is 23.1. The maximum Gasteiger partial charge on any atom is 0.255 e. The molecule has 9 heteroatoms. The van der Waals surface area contributed by atoms with Gasteiger partial charge in [-0.05, 0) is 76.0 Å². The van der Waals surface area contributed by atoms with Crippen LogP contribution in [0.3, 0.4) is 0 Å². The Morgan fingerprint density at radius 3 is 2.67 bits per heavy atom. The predicted molar refractivity (Wildman–Crippen MR) is 149 cm³/mol. The fraction of sp³-hybridized carbons (Fsp3) is 0.452. The number of carbonyl (C=O) groups is 2. The summed E-state index contributed by atoms with van der Waals surface area (Å²) in [5, 5.41) is 18.8. The number of fused-ring (bicyclic) bond motifs is 2. The van der Waals surface area contributed by atoms with Crippen molar-refractivity contribution in [3.63, 3.8) is 0 Å². The van der Waals surface area contributed by atoms with Crippen LogP contribution in [0.5, 0.6) is 11.5 Å². The molecule has 1 aliphatic heterocycles. The molecule has 0 unspecified atom stereocenters. The van der Waals surface area contributed by atoms with E-state index in [9.17, 15) is 14.7 Å². The van der Waals surface area contributed by atoms with Crippen molar-refractivity contribution >= 4 is 28.3 Å². The summed E-state index contributed by atoms with van der Waals surface area (Å²) in [7, 11) is 0. The SMILES string of the molecule is Cc1oc2cc(Oc3ccnn4cc(C(=O)N5CC[C@@](C)(O)C5)c(C)c34)ccc2c1C(=O)N[C@@H]1CCC12CCC2. The molecule has 1 spiro atoms. The van der Waals surface area contributed by atoms with E-state index in [1.54, 1.807) is 40.9 Å². The summed E-state index contributed by atoms with van der Waals surface area (Å²) in [5.41, 5.74) is 2.61. The van der Waals surface area contributed by atoms with Crippen molar-refractivity contribution < 1.29 is 23.8 Å². The number of nitrogens with zero attached hydrogens (tertiary/aromatic N) is 3. The zero-order valence-corrected chi connectivity index (χ0v) is 23.1. The number of aromatic nitrogens is 2. The van der Waals surface area contributed by atoms with Crippen molar-refractivity contribution in [2.75, 3.05) is 13.1 Å². The van der Waals surface area contributed by atoms with Gasteiger partial charge in [-0.3, -0.25) is 9.59 Å². The van der Waals surface area contributed by atoms with Crippen LogP contribution in [0.4, 0.5) is 0 Å². The Balaban J connectivity index is 1.15. The van der Waals surface area contributed by atoms with Gasteiger partial charge in [0.1, 0.15) is 22.6 Å². The van der Waals surface area contributed by atoms with Crippen LogP contribution in [0.2, 0.25) is 0 Å². The number of β-amino-alcohol motifs (C(OH)–C–C–N with tert-alkyl or cyclic N) is 1. The number of carbonyl (C=O) groups excluding carboxylic acids is 2. The fourth-order valence-electron chi connectivity index (χ4n) is 6.86. The number of hydrogen-bond acceptors (Lipinski definition) is 6. The average Bonchev–Trinajstić information content (AvgIpc) is 3.52. The van der Waals surface area contributed by atoms with Crippen LogP contribution in [0.1, 0.15) is 77.5 Å². The Kier molecular flexibility index (Phi) is 5.55. The second kappa shape index (κ2) is 8.83. The summed E-state index contributed by atoms with van der Waals surface area (Å²) < 4.78 is 14.0. The van der Waals surface area contributed by atoms with Gasteiger partial charge in [0.25, 0.3) is 11.8 Å². The minimum Gasteiger partial charge on any atom is -0.460 e. The Morgan fingerprint density at radius 2 is 2.00 bits per heavy atom. The molecule has 7 rings (SSSR count). The van der Waals surface area contributed by atoms with Crippen molar-refractivity contribution in [1.82, 2.24) is 19.8 Å². The summed E-state index contributed by atoms with van der Waals surface area (Å²) in [5.74, 6) is 1.49. The standard InChI is InChI=1S/C31H34N4O5/c1-18-22(29(37)34-14-12-30(3,38)17-34)16-35-27(18)23(8-13-32-35)40-20-5-6-21-24(15-20)39-19(2)26(21)28(36)33-25-7-11-31(25)9-4-10-31/h5-6,8,13,15-16,25,38H,4,7,9-12,14,17H2,1-3H3,(H,33,36)/t25-,30-/m1/s1. The summed E-state index contributed by atoms with van der Waals surface area (Å²) >= 11 is 0. The van der Waals surface area contributed by atoms with Crippen LogP contribution in [-0.2, 0) is 0 Å². The van der Waals surface area contributed by atoms with E-state index in [1.165, 1.54) is 25.7 Å². The highest BCUT2D eigenvalue weighted by Gasteiger charge is 2.51. The first-order valence-electron chi connectivity index (χ1n) is 14.1. The van der Waals surface area contributed by atoms with Crippen LogP contribution in [0.15, 0.2) is 41.1 Å². The van der Waals surface area contributed by atoms with Crippen molar-refractivity contribution in [2.45, 2.75) is 70.9 Å². The Bertz CT molecular complexity index is 1670. The average molecular weight is 543 g/mol. The third kappa shape index (κ3) is 3.90. The predicted octanol–water partition coefficient (Wildman–Crippen LogP) is 5.15. The highest BCUT2D eigenvalue weighted by molar-refractivity contribution is 6.07. The van der Waals surface area contributed by atoms with Gasteiger partial charge in [0, 0.05) is 42.8 Å². The maximum absolute atomic E-state index is 13.3. The minimum atomic E-state index is -0.866. The zero-order chi connectivity index (χ0) is 27.8. The lowest BCUT2D eigenvalue weighted by Gasteiger charge is -2.56. The number of amides is 2. The van der Waals surface area contributed by atoms with Gasteiger partial charge in [-0.2, -0.15) is 5.10 Å². The lowest BCUT2D eigenvalue weighted by Crippen LogP contribution is -2.58. The molecule has 4 heterocycles. The second-order valence-electron chi connectivity index (χ2n) is 12.2.